The van der Waals surface area contributed by atoms with Crippen LogP contribution in [-0.4, -0.2) is 0 Å². The molecule has 0 aromatic carbocycles. The lowest BCUT2D eigenvalue weighted by Gasteiger charge is -2.02. The number of hydrogen-bond acceptors (Lipinski definition) is 0. The summed E-state index contributed by atoms with van der Waals surface area (Å²) in [6, 6.07) is 0. The van der Waals surface area contributed by atoms with Crippen molar-refractivity contribution >= 4 is 0 Å². The molecule has 0 saturated heterocycles. The number of hydrogen-bond donors (Lipinski definition) is 0. The quantitative estimate of drug-likeness (QED) is 0.544. The van der Waals surface area contributed by atoms with E-state index in [0.29, 0.717) is 0 Å². The second-order valence-electron chi connectivity index (χ2n) is 3.30. The zero-order valence-corrected chi connectivity index (χ0v) is 9.11. The first-order valence-corrected chi connectivity index (χ1v) is 5.22. The smallest absolute Gasteiger partial charge is 0.0446 e. The monoisotopic (exact) mass is 174 g/mol. The fourth-order valence-electron chi connectivity index (χ4n) is 0.697. The molecule has 0 aliphatic rings. The molecule has 0 aliphatic carbocycles. The minimum atomic E-state index is 0. The average molecular weight is 174 g/mol. The van der Waals surface area contributed by atoms with Crippen LogP contribution in [-0.2, 0) is 0 Å². The maximum atomic E-state index is 2.31. The fraction of sp³-hybridized carbons (Fsp3) is 1.00. The van der Waals surface area contributed by atoms with E-state index in [0.717, 1.165) is 5.92 Å². The third-order valence-electron chi connectivity index (χ3n) is 1.98. The van der Waals surface area contributed by atoms with E-state index in [2.05, 4.69) is 34.6 Å². The van der Waals surface area contributed by atoms with E-state index < -0.39 is 0 Å². The minimum Gasteiger partial charge on any atom is -0.0776 e. The van der Waals surface area contributed by atoms with Crippen LogP contribution in [0.4, 0.5) is 0 Å². The van der Waals surface area contributed by atoms with Crippen LogP contribution in [0.2, 0.25) is 0 Å². The van der Waals surface area contributed by atoms with Crippen molar-refractivity contribution in [3.63, 3.8) is 0 Å². The summed E-state index contributed by atoms with van der Waals surface area (Å²) in [6.07, 6.45) is 6.72. The van der Waals surface area contributed by atoms with E-state index in [9.17, 15) is 0 Å². The zero-order valence-electron chi connectivity index (χ0n) is 9.11. The van der Waals surface area contributed by atoms with Crippen molar-refractivity contribution in [3.8, 4) is 0 Å². The van der Waals surface area contributed by atoms with Gasteiger partial charge in [0.15, 0.2) is 0 Å². The van der Waals surface area contributed by atoms with E-state index in [1.807, 2.05) is 0 Å². The Morgan fingerprint density at radius 3 is 1.33 bits per heavy atom. The Hall–Kier alpha value is 0. The Kier molecular flexibility index (Phi) is 25.7. The molecule has 0 rings (SSSR count). The van der Waals surface area contributed by atoms with Gasteiger partial charge in [-0.25, -0.2) is 0 Å². The molecule has 1 atom stereocenters. The van der Waals surface area contributed by atoms with Gasteiger partial charge in [0.05, 0.1) is 0 Å². The van der Waals surface area contributed by atoms with Gasteiger partial charge in [-0.2, -0.15) is 0 Å². The Bertz CT molecular complexity index is 46.0. The van der Waals surface area contributed by atoms with Crippen LogP contribution in [0.5, 0.6) is 0 Å². The molecule has 0 aromatic heterocycles. The maximum Gasteiger partial charge on any atom is -0.0446 e. The second-order valence-corrected chi connectivity index (χ2v) is 3.30. The van der Waals surface area contributed by atoms with Gasteiger partial charge in [-0.3, -0.25) is 0 Å². The Morgan fingerprint density at radius 1 is 0.833 bits per heavy atom. The lowest BCUT2D eigenvalue weighted by Crippen LogP contribution is -1.88. The highest BCUT2D eigenvalue weighted by molar-refractivity contribution is 4.45. The van der Waals surface area contributed by atoms with Crippen molar-refractivity contribution in [2.75, 3.05) is 0 Å². The van der Waals surface area contributed by atoms with Gasteiger partial charge in [0.1, 0.15) is 0 Å². The molecule has 0 fully saturated rings. The highest BCUT2D eigenvalue weighted by atomic mass is 14.0. The molecule has 0 amide bonds. The third-order valence-corrected chi connectivity index (χ3v) is 1.98. The van der Waals surface area contributed by atoms with Crippen molar-refractivity contribution in [1.82, 2.24) is 0 Å². The van der Waals surface area contributed by atoms with Gasteiger partial charge in [0.2, 0.25) is 0 Å². The van der Waals surface area contributed by atoms with Crippen molar-refractivity contribution in [2.24, 2.45) is 5.92 Å². The molecule has 78 valence electrons. The van der Waals surface area contributed by atoms with Crippen LogP contribution >= 0.6 is 0 Å². The molecule has 1 unspecified atom stereocenters. The van der Waals surface area contributed by atoms with E-state index >= 15 is 0 Å². The molecule has 0 spiro atoms. The molecule has 0 nitrogen and oxygen atoms in total. The van der Waals surface area contributed by atoms with Gasteiger partial charge in [-0.1, -0.05) is 74.1 Å². The molecule has 0 N–H and O–H groups in total. The van der Waals surface area contributed by atoms with Crippen LogP contribution in [0.3, 0.4) is 0 Å². The highest BCUT2D eigenvalue weighted by Crippen LogP contribution is 2.07. The first kappa shape index (κ1) is 17.9. The van der Waals surface area contributed by atoms with Crippen molar-refractivity contribution in [2.45, 2.75) is 74.1 Å². The summed E-state index contributed by atoms with van der Waals surface area (Å²) in [6.45, 7) is 11.2. The SMILES string of the molecule is C.CCCC.CCCC(C)CC. The molecule has 0 radical (unpaired) electrons. The standard InChI is InChI=1S/C7H16.C4H10.CH4/c1-4-6-7(3)5-2;1-3-4-2;/h7H,4-6H2,1-3H3;3-4H2,1-2H3;1H4. The highest BCUT2D eigenvalue weighted by Gasteiger charge is 1.92. The lowest BCUT2D eigenvalue weighted by atomic mass is 10.0. The summed E-state index contributed by atoms with van der Waals surface area (Å²) in [5, 5.41) is 0. The Labute approximate surface area is 80.8 Å². The summed E-state index contributed by atoms with van der Waals surface area (Å²) in [7, 11) is 0. The van der Waals surface area contributed by atoms with Gasteiger partial charge in [-0.15, -0.1) is 0 Å². The van der Waals surface area contributed by atoms with Crippen molar-refractivity contribution in [3.05, 3.63) is 0 Å². The summed E-state index contributed by atoms with van der Waals surface area (Å²) >= 11 is 0. The van der Waals surface area contributed by atoms with Crippen molar-refractivity contribution in [1.29, 1.82) is 0 Å². The first-order chi connectivity index (χ1) is 5.22. The van der Waals surface area contributed by atoms with Crippen molar-refractivity contribution < 1.29 is 0 Å². The van der Waals surface area contributed by atoms with E-state index in [-0.39, 0.29) is 7.43 Å². The van der Waals surface area contributed by atoms with Gasteiger partial charge < -0.3 is 0 Å². The molecular weight excluding hydrogens is 144 g/mol. The van der Waals surface area contributed by atoms with Crippen LogP contribution in [0.1, 0.15) is 74.1 Å². The maximum absolute atomic E-state index is 2.31. The predicted molar refractivity (Wildman–Crippen MR) is 61.7 cm³/mol. The van der Waals surface area contributed by atoms with Gasteiger partial charge in [0, 0.05) is 0 Å². The van der Waals surface area contributed by atoms with Gasteiger partial charge in [0.25, 0.3) is 0 Å². The summed E-state index contributed by atoms with van der Waals surface area (Å²) in [4.78, 5) is 0. The number of rotatable bonds is 4. The largest absolute Gasteiger partial charge is 0.0776 e. The van der Waals surface area contributed by atoms with Crippen LogP contribution < -0.4 is 0 Å². The fourth-order valence-corrected chi connectivity index (χ4v) is 0.697. The predicted octanol–water partition coefficient (Wildman–Crippen LogP) is 5.28. The summed E-state index contributed by atoms with van der Waals surface area (Å²) in [5.41, 5.74) is 0. The van der Waals surface area contributed by atoms with Crippen LogP contribution in [0, 0.1) is 5.92 Å². The summed E-state index contributed by atoms with van der Waals surface area (Å²) < 4.78 is 0. The van der Waals surface area contributed by atoms with E-state index in [1.54, 1.807) is 0 Å². The van der Waals surface area contributed by atoms with Crippen LogP contribution in [0.25, 0.3) is 0 Å². The second kappa shape index (κ2) is 17.2. The molecule has 0 aromatic rings. The molecule has 0 heteroatoms. The van der Waals surface area contributed by atoms with E-state index in [4.69, 9.17) is 0 Å². The number of unbranched alkanes of at least 4 members (excludes halogenated alkanes) is 1. The topological polar surface area (TPSA) is 0 Å². The molecule has 0 bridgehead atoms. The van der Waals surface area contributed by atoms with Gasteiger partial charge >= 0.3 is 0 Å². The molecular formula is C12H30. The Balaban J connectivity index is -0.000000142. The zero-order chi connectivity index (χ0) is 9.11. The first-order valence-electron chi connectivity index (χ1n) is 5.22. The molecule has 0 aliphatic heterocycles. The normalized spacial score (nSPS) is 10.8. The molecule has 12 heavy (non-hydrogen) atoms. The lowest BCUT2D eigenvalue weighted by molar-refractivity contribution is 0.509. The minimum absolute atomic E-state index is 0. The van der Waals surface area contributed by atoms with E-state index in [1.165, 1.54) is 32.1 Å². The Morgan fingerprint density at radius 2 is 1.25 bits per heavy atom. The van der Waals surface area contributed by atoms with Crippen LogP contribution in [0.15, 0.2) is 0 Å². The molecule has 0 saturated carbocycles. The molecule has 0 heterocycles. The summed E-state index contributed by atoms with van der Waals surface area (Å²) in [5.74, 6) is 0.949. The van der Waals surface area contributed by atoms with Gasteiger partial charge in [-0.05, 0) is 5.92 Å². The average Bonchev–Trinajstić information content (AvgIpc) is 2.05. The third kappa shape index (κ3) is 22.5.